The lowest BCUT2D eigenvalue weighted by molar-refractivity contribution is 0.0596. The van der Waals surface area contributed by atoms with E-state index in [0.29, 0.717) is 0 Å². The van der Waals surface area contributed by atoms with Crippen LogP contribution in [0.5, 0.6) is 0 Å². The highest BCUT2D eigenvalue weighted by Gasteiger charge is 2.17. The van der Waals surface area contributed by atoms with Gasteiger partial charge in [-0.05, 0) is 12.1 Å². The van der Waals surface area contributed by atoms with Gasteiger partial charge >= 0.3 is 11.7 Å². The SMILES string of the molecule is COC(=O)c1ccc2oc(=O)[nH]c2c1F. The Hall–Kier alpha value is -2.11. The molecule has 5 nitrogen and oxygen atoms in total. The van der Waals surface area contributed by atoms with Gasteiger partial charge in [0.25, 0.3) is 0 Å². The van der Waals surface area contributed by atoms with Crippen molar-refractivity contribution in [3.63, 3.8) is 0 Å². The van der Waals surface area contributed by atoms with Crippen molar-refractivity contribution in [2.75, 3.05) is 7.11 Å². The molecule has 0 atom stereocenters. The van der Waals surface area contributed by atoms with Gasteiger partial charge in [0, 0.05) is 0 Å². The number of ether oxygens (including phenoxy) is 1. The molecule has 1 aromatic carbocycles. The lowest BCUT2D eigenvalue weighted by atomic mass is 10.2. The maximum atomic E-state index is 13.6. The third kappa shape index (κ3) is 1.39. The van der Waals surface area contributed by atoms with Crippen molar-refractivity contribution < 1.29 is 18.3 Å². The van der Waals surface area contributed by atoms with Gasteiger partial charge in [0.1, 0.15) is 5.52 Å². The van der Waals surface area contributed by atoms with Crippen molar-refractivity contribution in [2.24, 2.45) is 0 Å². The molecule has 0 saturated heterocycles. The first-order valence-corrected chi connectivity index (χ1v) is 4.03. The van der Waals surface area contributed by atoms with Crippen LogP contribution in [-0.4, -0.2) is 18.1 Å². The fourth-order valence-electron chi connectivity index (χ4n) is 1.25. The molecule has 0 fully saturated rings. The lowest BCUT2D eigenvalue weighted by Gasteiger charge is -1.99. The second-order valence-corrected chi connectivity index (χ2v) is 2.81. The average Bonchev–Trinajstić information content (AvgIpc) is 2.59. The monoisotopic (exact) mass is 211 g/mol. The molecule has 0 aliphatic rings. The van der Waals surface area contributed by atoms with Crippen LogP contribution < -0.4 is 5.76 Å². The fraction of sp³-hybridized carbons (Fsp3) is 0.111. The van der Waals surface area contributed by atoms with Crippen LogP contribution in [0.15, 0.2) is 21.3 Å². The molecule has 15 heavy (non-hydrogen) atoms. The third-order valence-electron chi connectivity index (χ3n) is 1.94. The van der Waals surface area contributed by atoms with Crippen molar-refractivity contribution in [1.29, 1.82) is 0 Å². The summed E-state index contributed by atoms with van der Waals surface area (Å²) in [6, 6.07) is 2.52. The minimum atomic E-state index is -0.856. The van der Waals surface area contributed by atoms with E-state index in [2.05, 4.69) is 14.1 Å². The molecule has 2 aromatic rings. The number of rotatable bonds is 1. The maximum absolute atomic E-state index is 13.6. The normalized spacial score (nSPS) is 10.5. The zero-order valence-electron chi connectivity index (χ0n) is 7.67. The molecule has 6 heteroatoms. The van der Waals surface area contributed by atoms with Crippen molar-refractivity contribution in [1.82, 2.24) is 4.98 Å². The van der Waals surface area contributed by atoms with Gasteiger partial charge in [-0.1, -0.05) is 0 Å². The summed E-state index contributed by atoms with van der Waals surface area (Å²) >= 11 is 0. The highest BCUT2D eigenvalue weighted by molar-refractivity contribution is 5.93. The van der Waals surface area contributed by atoms with Gasteiger partial charge in [0.15, 0.2) is 11.4 Å². The smallest absolute Gasteiger partial charge is 0.417 e. The number of carbonyl (C=O) groups is 1. The van der Waals surface area contributed by atoms with Crippen LogP contribution in [0, 0.1) is 5.82 Å². The van der Waals surface area contributed by atoms with E-state index in [-0.39, 0.29) is 16.7 Å². The Morgan fingerprint density at radius 3 is 2.93 bits per heavy atom. The van der Waals surface area contributed by atoms with Crippen LogP contribution in [0.2, 0.25) is 0 Å². The van der Waals surface area contributed by atoms with Gasteiger partial charge in [-0.2, -0.15) is 0 Å². The number of esters is 1. The van der Waals surface area contributed by atoms with Crippen LogP contribution in [-0.2, 0) is 4.74 Å². The number of H-pyrrole nitrogens is 1. The van der Waals surface area contributed by atoms with Crippen LogP contribution in [0.3, 0.4) is 0 Å². The number of fused-ring (bicyclic) bond motifs is 1. The number of aromatic amines is 1. The predicted molar refractivity (Wildman–Crippen MR) is 48.1 cm³/mol. The average molecular weight is 211 g/mol. The molecule has 1 heterocycles. The Morgan fingerprint density at radius 2 is 2.27 bits per heavy atom. The molecule has 0 unspecified atom stereocenters. The molecule has 0 saturated carbocycles. The molecular weight excluding hydrogens is 205 g/mol. The zero-order chi connectivity index (χ0) is 11.0. The summed E-state index contributed by atoms with van der Waals surface area (Å²) in [6.45, 7) is 0. The number of oxazole rings is 1. The van der Waals surface area contributed by atoms with Gasteiger partial charge in [-0.15, -0.1) is 0 Å². The highest BCUT2D eigenvalue weighted by Crippen LogP contribution is 2.18. The van der Waals surface area contributed by atoms with Crippen LogP contribution in [0.1, 0.15) is 10.4 Å². The molecule has 0 aliphatic carbocycles. The molecule has 0 spiro atoms. The van der Waals surface area contributed by atoms with E-state index in [9.17, 15) is 14.0 Å². The lowest BCUT2D eigenvalue weighted by Crippen LogP contribution is -2.04. The molecule has 0 radical (unpaired) electrons. The Balaban J connectivity index is 2.74. The van der Waals surface area contributed by atoms with E-state index in [1.807, 2.05) is 0 Å². The topological polar surface area (TPSA) is 72.3 Å². The van der Waals surface area contributed by atoms with Crippen LogP contribution >= 0.6 is 0 Å². The van der Waals surface area contributed by atoms with Gasteiger partial charge in [-0.3, -0.25) is 4.98 Å². The summed E-state index contributed by atoms with van der Waals surface area (Å²) in [6.07, 6.45) is 0. The van der Waals surface area contributed by atoms with Crippen LogP contribution in [0.25, 0.3) is 11.1 Å². The quantitative estimate of drug-likeness (QED) is 0.715. The number of methoxy groups -OCH3 is 1. The number of nitrogens with one attached hydrogen (secondary N) is 1. The molecule has 0 amide bonds. The Morgan fingerprint density at radius 1 is 1.53 bits per heavy atom. The Labute approximate surface area is 82.5 Å². The maximum Gasteiger partial charge on any atom is 0.417 e. The minimum absolute atomic E-state index is 0.0603. The predicted octanol–water partition coefficient (Wildman–Crippen LogP) is 1.05. The number of benzene rings is 1. The third-order valence-corrected chi connectivity index (χ3v) is 1.94. The van der Waals surface area contributed by atoms with Crippen molar-refractivity contribution >= 4 is 17.1 Å². The number of halogens is 1. The summed E-state index contributed by atoms with van der Waals surface area (Å²) in [5.41, 5.74) is -0.324. The van der Waals surface area contributed by atoms with Crippen molar-refractivity contribution in [3.8, 4) is 0 Å². The molecule has 1 aromatic heterocycles. The molecule has 0 bridgehead atoms. The first-order valence-electron chi connectivity index (χ1n) is 4.03. The highest BCUT2D eigenvalue weighted by atomic mass is 19.1. The number of carbonyl (C=O) groups excluding carboxylic acids is 1. The minimum Gasteiger partial charge on any atom is -0.465 e. The van der Waals surface area contributed by atoms with Crippen LogP contribution in [0.4, 0.5) is 4.39 Å². The second kappa shape index (κ2) is 3.23. The van der Waals surface area contributed by atoms with Crippen molar-refractivity contribution in [2.45, 2.75) is 0 Å². The number of aromatic nitrogens is 1. The summed E-state index contributed by atoms with van der Waals surface area (Å²) in [5, 5.41) is 0. The van der Waals surface area contributed by atoms with E-state index in [0.717, 1.165) is 7.11 Å². The Bertz CT molecular complexity index is 583. The molecule has 0 aliphatic heterocycles. The number of hydrogen-bond donors (Lipinski definition) is 1. The Kier molecular flexibility index (Phi) is 2.03. The van der Waals surface area contributed by atoms with E-state index in [1.54, 1.807) is 0 Å². The summed E-state index contributed by atoms with van der Waals surface area (Å²) < 4.78 is 22.6. The molecule has 78 valence electrons. The van der Waals surface area contributed by atoms with Gasteiger partial charge in [0.2, 0.25) is 0 Å². The van der Waals surface area contributed by atoms with Gasteiger partial charge in [0.05, 0.1) is 12.7 Å². The van der Waals surface area contributed by atoms with E-state index in [1.165, 1.54) is 12.1 Å². The number of hydrogen-bond acceptors (Lipinski definition) is 4. The van der Waals surface area contributed by atoms with Gasteiger partial charge < -0.3 is 9.15 Å². The fourth-order valence-corrected chi connectivity index (χ4v) is 1.25. The standard InChI is InChI=1S/C9H6FNO4/c1-14-8(12)4-2-3-5-7(6(4)10)11-9(13)15-5/h2-3H,1H3,(H,11,13). The molecule has 1 N–H and O–H groups in total. The summed E-state index contributed by atoms with van der Waals surface area (Å²) in [7, 11) is 1.14. The van der Waals surface area contributed by atoms with E-state index in [4.69, 9.17) is 0 Å². The largest absolute Gasteiger partial charge is 0.465 e. The first-order chi connectivity index (χ1) is 7.13. The summed E-state index contributed by atoms with van der Waals surface area (Å²) in [4.78, 5) is 24.0. The van der Waals surface area contributed by atoms with E-state index < -0.39 is 17.5 Å². The van der Waals surface area contributed by atoms with Gasteiger partial charge in [-0.25, -0.2) is 14.0 Å². The molecular formula is C9H6FNO4. The second-order valence-electron chi connectivity index (χ2n) is 2.81. The van der Waals surface area contributed by atoms with E-state index >= 15 is 0 Å². The summed E-state index contributed by atoms with van der Waals surface area (Å²) in [5.74, 6) is -2.44. The molecule has 2 rings (SSSR count). The van der Waals surface area contributed by atoms with Crippen molar-refractivity contribution in [3.05, 3.63) is 34.1 Å². The first kappa shape index (κ1) is 9.45. The zero-order valence-corrected chi connectivity index (χ0v) is 7.67.